The van der Waals surface area contributed by atoms with E-state index in [9.17, 15) is 9.59 Å². The zero-order valence-electron chi connectivity index (χ0n) is 24.2. The lowest BCUT2D eigenvalue weighted by Gasteiger charge is -2.03. The van der Waals surface area contributed by atoms with Crippen molar-refractivity contribution in [2.45, 2.75) is 38.8 Å². The van der Waals surface area contributed by atoms with E-state index in [-0.39, 0.29) is 11.6 Å². The number of carbonyl (C=O) groups excluding carboxylic acids is 2. The number of rotatable bonds is 11. The second kappa shape index (κ2) is 14.6. The highest BCUT2D eigenvalue weighted by Gasteiger charge is 2.16. The molecule has 1 aliphatic rings. The summed E-state index contributed by atoms with van der Waals surface area (Å²) in [6, 6.07) is 15.6. The van der Waals surface area contributed by atoms with E-state index < -0.39 is 0 Å². The van der Waals surface area contributed by atoms with E-state index >= 15 is 0 Å². The van der Waals surface area contributed by atoms with Crippen LogP contribution in [0.2, 0.25) is 0 Å². The maximum atomic E-state index is 12.2. The van der Waals surface area contributed by atoms with Gasteiger partial charge >= 0.3 is 0 Å². The molecule has 0 saturated carbocycles. The predicted octanol–water partition coefficient (Wildman–Crippen LogP) is 6.66. The maximum Gasteiger partial charge on any atom is 0.166 e. The summed E-state index contributed by atoms with van der Waals surface area (Å²) in [5, 5.41) is 8.89. The number of ether oxygens (including phenoxy) is 2. The van der Waals surface area contributed by atoms with Gasteiger partial charge in [0.05, 0.1) is 49.8 Å². The monoisotopic (exact) mass is 564 g/mol. The van der Waals surface area contributed by atoms with Gasteiger partial charge in [-0.25, -0.2) is 0 Å². The molecule has 0 aliphatic heterocycles. The van der Waals surface area contributed by atoms with Gasteiger partial charge in [0.25, 0.3) is 0 Å². The number of methoxy groups -OCH3 is 2. The van der Waals surface area contributed by atoms with Crippen molar-refractivity contribution in [3.8, 4) is 11.5 Å². The molecule has 0 radical (unpaired) electrons. The zero-order valence-corrected chi connectivity index (χ0v) is 24.2. The number of benzene rings is 2. The number of hydrogen-bond donors (Lipinski definition) is 0. The molecule has 2 aromatic heterocycles. The smallest absolute Gasteiger partial charge is 0.166 e. The quantitative estimate of drug-likeness (QED) is 0.150. The number of Topliss-reactive ketones (excluding diaryl/α,β-unsaturated/α-hetero) is 2. The highest BCUT2D eigenvalue weighted by atomic mass is 16.5. The summed E-state index contributed by atoms with van der Waals surface area (Å²) in [4.78, 5) is 24.1. The van der Waals surface area contributed by atoms with Crippen LogP contribution in [0.1, 0.15) is 68.9 Å². The van der Waals surface area contributed by atoms with Gasteiger partial charge in [0.15, 0.2) is 11.6 Å². The highest BCUT2D eigenvalue weighted by molar-refractivity contribution is 5.99. The maximum absolute atomic E-state index is 12.2. The summed E-state index contributed by atoms with van der Waals surface area (Å²) in [6.45, 7) is 8.62. The Morgan fingerprint density at radius 3 is 2.05 bits per heavy atom. The zero-order chi connectivity index (χ0) is 29.9. The van der Waals surface area contributed by atoms with E-state index in [2.05, 4.69) is 23.4 Å². The standard InChI is InChI=1S/C18H20N2O2.C16H16N2O2/c1-4-6-7-18(21)16-13-20(19-17(16)5-2)12-14-8-10-15(22-3)11-9-14;1-20-13-8-6-12(7-9-13)10-18-11-14-15(17-18)4-2-3-5-16(14)19/h4-5,8-11,13H,1-2,6-7,12H2,3H3;2,4,6-9,11H,3,5,10H2,1H3. The van der Waals surface area contributed by atoms with Crippen LogP contribution in [0.25, 0.3) is 12.2 Å². The summed E-state index contributed by atoms with van der Waals surface area (Å²) in [6.07, 6.45) is 13.4. The van der Waals surface area contributed by atoms with Crippen molar-refractivity contribution in [3.63, 3.8) is 0 Å². The number of hydrogen-bond acceptors (Lipinski definition) is 6. The summed E-state index contributed by atoms with van der Waals surface area (Å²) in [5.41, 5.74) is 4.96. The minimum Gasteiger partial charge on any atom is -0.497 e. The Bertz CT molecular complexity index is 1560. The van der Waals surface area contributed by atoms with Gasteiger partial charge in [0.1, 0.15) is 11.5 Å². The third kappa shape index (κ3) is 7.81. The summed E-state index contributed by atoms with van der Waals surface area (Å²) in [7, 11) is 3.29. The Morgan fingerprint density at radius 2 is 1.50 bits per heavy atom. The van der Waals surface area contributed by atoms with E-state index in [0.717, 1.165) is 40.3 Å². The van der Waals surface area contributed by atoms with E-state index in [0.29, 0.717) is 43.6 Å². The average Bonchev–Trinajstić information content (AvgIpc) is 3.58. The van der Waals surface area contributed by atoms with E-state index in [1.54, 1.807) is 37.3 Å². The fourth-order valence-corrected chi connectivity index (χ4v) is 4.49. The summed E-state index contributed by atoms with van der Waals surface area (Å²) in [5.74, 6) is 1.89. The third-order valence-corrected chi connectivity index (χ3v) is 6.77. The SMILES string of the molecule is C=CCCC(=O)c1cn(Cc2ccc(OC)cc2)nc1C=C.COc1ccc(Cn2cc3c(n2)C=CCCC3=O)cc1. The van der Waals surface area contributed by atoms with Crippen LogP contribution in [0, 0.1) is 0 Å². The summed E-state index contributed by atoms with van der Waals surface area (Å²) < 4.78 is 13.9. The Kier molecular flexibility index (Phi) is 10.4. The van der Waals surface area contributed by atoms with Gasteiger partial charge in [0.2, 0.25) is 0 Å². The fourth-order valence-electron chi connectivity index (χ4n) is 4.49. The molecule has 0 saturated heterocycles. The molecule has 0 bridgehead atoms. The third-order valence-electron chi connectivity index (χ3n) is 6.77. The van der Waals surface area contributed by atoms with Crippen LogP contribution in [0.4, 0.5) is 0 Å². The van der Waals surface area contributed by atoms with Crippen molar-refractivity contribution < 1.29 is 19.1 Å². The van der Waals surface area contributed by atoms with Gasteiger partial charge in [-0.05, 0) is 60.4 Å². The number of carbonyl (C=O) groups is 2. The van der Waals surface area contributed by atoms with Gasteiger partial charge in [-0.15, -0.1) is 6.58 Å². The molecule has 8 heteroatoms. The Labute approximate surface area is 246 Å². The van der Waals surface area contributed by atoms with Gasteiger partial charge in [0, 0.05) is 25.2 Å². The Morgan fingerprint density at radius 1 is 0.905 bits per heavy atom. The van der Waals surface area contributed by atoms with Crippen LogP contribution in [0.5, 0.6) is 11.5 Å². The molecule has 42 heavy (non-hydrogen) atoms. The number of aromatic nitrogens is 4. The predicted molar refractivity (Wildman–Crippen MR) is 165 cm³/mol. The first-order chi connectivity index (χ1) is 20.4. The van der Waals surface area contributed by atoms with E-state index in [4.69, 9.17) is 9.47 Å². The van der Waals surface area contributed by atoms with Crippen molar-refractivity contribution in [2.24, 2.45) is 0 Å². The molecule has 2 aromatic carbocycles. The van der Waals surface area contributed by atoms with Crippen molar-refractivity contribution in [1.82, 2.24) is 19.6 Å². The first-order valence-corrected chi connectivity index (χ1v) is 13.8. The van der Waals surface area contributed by atoms with E-state index in [1.165, 1.54) is 0 Å². The van der Waals surface area contributed by atoms with Gasteiger partial charge in [-0.2, -0.15) is 10.2 Å². The van der Waals surface area contributed by atoms with Crippen molar-refractivity contribution >= 4 is 23.7 Å². The van der Waals surface area contributed by atoms with Crippen LogP contribution in [-0.4, -0.2) is 45.3 Å². The van der Waals surface area contributed by atoms with Gasteiger partial charge in [-0.3, -0.25) is 19.0 Å². The molecular formula is C34H36N4O4. The molecule has 4 aromatic rings. The second-order valence-corrected chi connectivity index (χ2v) is 9.77. The lowest BCUT2D eigenvalue weighted by Crippen LogP contribution is -2.01. The molecular weight excluding hydrogens is 528 g/mol. The van der Waals surface area contributed by atoms with Crippen molar-refractivity contribution in [1.29, 1.82) is 0 Å². The van der Waals surface area contributed by atoms with E-state index in [1.807, 2.05) is 71.6 Å². The molecule has 0 fully saturated rings. The first-order valence-electron chi connectivity index (χ1n) is 13.8. The van der Waals surface area contributed by atoms with Crippen LogP contribution in [0.15, 0.2) is 86.2 Å². The number of fused-ring (bicyclic) bond motifs is 1. The molecule has 0 unspecified atom stereocenters. The topological polar surface area (TPSA) is 88.2 Å². The minimum absolute atomic E-state index is 0.0655. The molecule has 1 aliphatic carbocycles. The van der Waals surface area contributed by atoms with Crippen LogP contribution in [0.3, 0.4) is 0 Å². The summed E-state index contributed by atoms with van der Waals surface area (Å²) >= 11 is 0. The lowest BCUT2D eigenvalue weighted by atomic mass is 10.1. The van der Waals surface area contributed by atoms with Gasteiger partial charge < -0.3 is 9.47 Å². The second-order valence-electron chi connectivity index (χ2n) is 9.77. The Hall–Kier alpha value is -4.98. The van der Waals surface area contributed by atoms with Crippen LogP contribution >= 0.6 is 0 Å². The minimum atomic E-state index is 0.0655. The number of nitrogens with zero attached hydrogens (tertiary/aromatic N) is 4. The van der Waals surface area contributed by atoms with Crippen molar-refractivity contribution in [3.05, 3.63) is 120 Å². The molecule has 8 nitrogen and oxygen atoms in total. The van der Waals surface area contributed by atoms with Crippen molar-refractivity contribution in [2.75, 3.05) is 14.2 Å². The average molecular weight is 565 g/mol. The highest BCUT2D eigenvalue weighted by Crippen LogP contribution is 2.19. The first kappa shape index (κ1) is 30.0. The molecule has 2 heterocycles. The fraction of sp³-hybridized carbons (Fsp3) is 0.235. The largest absolute Gasteiger partial charge is 0.497 e. The number of allylic oxidation sites excluding steroid dienone is 2. The molecule has 5 rings (SSSR count). The van der Waals surface area contributed by atoms with Crippen LogP contribution < -0.4 is 9.47 Å². The molecule has 216 valence electrons. The molecule has 0 atom stereocenters. The molecule has 0 amide bonds. The Balaban J connectivity index is 0.000000193. The molecule has 0 N–H and O–H groups in total. The normalized spacial score (nSPS) is 12.0. The van der Waals surface area contributed by atoms with Crippen LogP contribution in [-0.2, 0) is 13.1 Å². The number of ketones is 2. The van der Waals surface area contributed by atoms with Gasteiger partial charge in [-0.1, -0.05) is 43.0 Å². The lowest BCUT2D eigenvalue weighted by molar-refractivity contribution is 0.0975. The molecule has 0 spiro atoms.